The largest absolute Gasteiger partial charge is 0.480 e. The van der Waals surface area contributed by atoms with Crippen molar-refractivity contribution in [3.05, 3.63) is 43.0 Å². The maximum absolute atomic E-state index is 11.7. The molecular weight excluding hydrogens is 360 g/mol. The van der Waals surface area contributed by atoms with Gasteiger partial charge >= 0.3 is 11.7 Å². The molecule has 0 aromatic carbocycles. The fourth-order valence-electron chi connectivity index (χ4n) is 2.04. The molecule has 0 aliphatic carbocycles. The molecule has 0 bridgehead atoms. The van der Waals surface area contributed by atoms with Crippen LogP contribution in [0.15, 0.2) is 20.9 Å². The van der Waals surface area contributed by atoms with Crippen LogP contribution in [0, 0.1) is 6.92 Å². The number of aliphatic carboxylic acids is 1. The van der Waals surface area contributed by atoms with E-state index >= 15 is 0 Å². The quantitative estimate of drug-likeness (QED) is 0.300. The minimum absolute atomic E-state index is 0. The van der Waals surface area contributed by atoms with E-state index in [1.165, 1.54) is 10.8 Å². The Morgan fingerprint density at radius 1 is 1.60 bits per heavy atom. The number of aliphatic hydroxyl groups is 1. The molecule has 25 heavy (non-hydrogen) atoms. The summed E-state index contributed by atoms with van der Waals surface area (Å²) in [6.45, 7) is 0.982. The minimum Gasteiger partial charge on any atom is -0.480 e. The smallest absolute Gasteiger partial charge is 0.330 e. The van der Waals surface area contributed by atoms with Gasteiger partial charge in [-0.3, -0.25) is 19.1 Å². The van der Waals surface area contributed by atoms with E-state index in [4.69, 9.17) is 20.5 Å². The standard InChI is InChI=1S/C10H13N5O4.C2H5NO2.ClH/c1-5-3-15(10(18)12-9(5)17)8-2-6(13-14-11)7(4-16)19-8;3-1-2(4)5;/h3,6-8,16H,2,4H2,1H3,(H,12,17,18);1,3H2,(H,4,5);1H/t6-,7+,8+;;/m0../s1. The minimum atomic E-state index is -0.968. The van der Waals surface area contributed by atoms with Gasteiger partial charge in [0.2, 0.25) is 0 Å². The van der Waals surface area contributed by atoms with Crippen molar-refractivity contribution in [2.45, 2.75) is 31.7 Å². The van der Waals surface area contributed by atoms with Crippen LogP contribution in [0.25, 0.3) is 10.4 Å². The average Bonchev–Trinajstić information content (AvgIpc) is 2.94. The van der Waals surface area contributed by atoms with Crippen LogP contribution in [0.1, 0.15) is 18.2 Å². The van der Waals surface area contributed by atoms with E-state index < -0.39 is 35.6 Å². The van der Waals surface area contributed by atoms with Gasteiger partial charge in [0.1, 0.15) is 6.23 Å². The second-order valence-corrected chi connectivity index (χ2v) is 4.90. The van der Waals surface area contributed by atoms with Crippen molar-refractivity contribution in [1.82, 2.24) is 9.55 Å². The fraction of sp³-hybridized carbons (Fsp3) is 0.583. The van der Waals surface area contributed by atoms with Crippen molar-refractivity contribution in [2.75, 3.05) is 13.2 Å². The van der Waals surface area contributed by atoms with Gasteiger partial charge < -0.3 is 20.7 Å². The summed E-state index contributed by atoms with van der Waals surface area (Å²) in [7, 11) is 0. The lowest BCUT2D eigenvalue weighted by molar-refractivity contribution is -0.135. The Hall–Kier alpha value is -2.37. The second-order valence-electron chi connectivity index (χ2n) is 4.90. The first-order valence-corrected chi connectivity index (χ1v) is 6.88. The van der Waals surface area contributed by atoms with Crippen molar-refractivity contribution in [1.29, 1.82) is 0 Å². The van der Waals surface area contributed by atoms with E-state index in [2.05, 4.69) is 20.7 Å². The van der Waals surface area contributed by atoms with Gasteiger partial charge in [0.25, 0.3) is 5.56 Å². The number of aryl methyl sites for hydroxylation is 1. The zero-order chi connectivity index (χ0) is 18.3. The Balaban J connectivity index is 0.000000848. The van der Waals surface area contributed by atoms with Gasteiger partial charge in [-0.1, -0.05) is 5.11 Å². The highest BCUT2D eigenvalue weighted by atomic mass is 35.5. The third kappa shape index (κ3) is 6.21. The molecule has 2 heterocycles. The topological polar surface area (TPSA) is 196 Å². The summed E-state index contributed by atoms with van der Waals surface area (Å²) in [5.41, 5.74) is 12.3. The fourth-order valence-corrected chi connectivity index (χ4v) is 2.04. The number of nitrogens with one attached hydrogen (secondary N) is 1. The van der Waals surface area contributed by atoms with Gasteiger partial charge in [0.15, 0.2) is 0 Å². The number of carbonyl (C=O) groups is 1. The van der Waals surface area contributed by atoms with Crippen LogP contribution in [-0.4, -0.2) is 51.0 Å². The molecule has 13 heteroatoms. The zero-order valence-electron chi connectivity index (χ0n) is 13.2. The predicted molar refractivity (Wildman–Crippen MR) is 88.5 cm³/mol. The molecule has 0 unspecified atom stereocenters. The van der Waals surface area contributed by atoms with E-state index in [1.54, 1.807) is 6.92 Å². The lowest BCUT2D eigenvalue weighted by Crippen LogP contribution is -2.33. The third-order valence-corrected chi connectivity index (χ3v) is 3.21. The van der Waals surface area contributed by atoms with Gasteiger partial charge in [-0.25, -0.2) is 4.79 Å². The SMILES string of the molecule is Cc1cn([C@H]2C[C@H](N=[N+]=[N-])[C@@H](CO)O2)c(=O)[nH]c1=O.Cl.NCC(=O)O. The van der Waals surface area contributed by atoms with E-state index in [0.29, 0.717) is 5.56 Å². The van der Waals surface area contributed by atoms with Gasteiger partial charge in [0, 0.05) is 23.1 Å². The number of hydrogen-bond acceptors (Lipinski definition) is 7. The average molecular weight is 379 g/mol. The van der Waals surface area contributed by atoms with Crippen LogP contribution < -0.4 is 17.0 Å². The lowest BCUT2D eigenvalue weighted by atomic mass is 10.1. The monoisotopic (exact) mass is 378 g/mol. The highest BCUT2D eigenvalue weighted by Crippen LogP contribution is 2.29. The molecule has 1 saturated heterocycles. The highest BCUT2D eigenvalue weighted by Gasteiger charge is 2.35. The normalized spacial score (nSPS) is 21.3. The Bertz CT molecular complexity index is 742. The number of aromatic nitrogens is 2. The molecule has 1 aliphatic rings. The van der Waals surface area contributed by atoms with Crippen molar-refractivity contribution in [2.24, 2.45) is 10.8 Å². The van der Waals surface area contributed by atoms with Crippen LogP contribution in [0.2, 0.25) is 0 Å². The number of halogens is 1. The number of nitrogens with two attached hydrogens (primary N) is 1. The van der Waals surface area contributed by atoms with Crippen LogP contribution in [0.3, 0.4) is 0 Å². The van der Waals surface area contributed by atoms with E-state index in [1.807, 2.05) is 0 Å². The summed E-state index contributed by atoms with van der Waals surface area (Å²) >= 11 is 0. The molecule has 5 N–H and O–H groups in total. The summed E-state index contributed by atoms with van der Waals surface area (Å²) in [4.78, 5) is 37.1. The highest BCUT2D eigenvalue weighted by molar-refractivity contribution is 5.85. The molecule has 1 aromatic heterocycles. The number of rotatable bonds is 4. The van der Waals surface area contributed by atoms with Crippen LogP contribution in [0.4, 0.5) is 0 Å². The molecule has 0 saturated carbocycles. The number of hydrogen-bond donors (Lipinski definition) is 4. The molecule has 0 spiro atoms. The van der Waals surface area contributed by atoms with Crippen molar-refractivity contribution < 1.29 is 19.7 Å². The maximum Gasteiger partial charge on any atom is 0.330 e. The summed E-state index contributed by atoms with van der Waals surface area (Å²) in [6, 6.07) is -0.542. The predicted octanol–water partition coefficient (Wildman–Crippen LogP) is -0.745. The molecule has 0 amide bonds. The van der Waals surface area contributed by atoms with Gasteiger partial charge in [-0.05, 0) is 12.5 Å². The molecule has 3 atom stereocenters. The van der Waals surface area contributed by atoms with E-state index in [-0.39, 0.29) is 32.0 Å². The molecule has 1 fully saturated rings. The Kier molecular flexibility index (Phi) is 9.49. The number of ether oxygens (including phenoxy) is 1. The molecule has 1 aromatic rings. The van der Waals surface area contributed by atoms with Crippen molar-refractivity contribution >= 4 is 18.4 Å². The number of nitrogens with zero attached hydrogens (tertiary/aromatic N) is 4. The first-order valence-electron chi connectivity index (χ1n) is 6.88. The Labute approximate surface area is 147 Å². The number of H-pyrrole nitrogens is 1. The van der Waals surface area contributed by atoms with Gasteiger partial charge in [-0.2, -0.15) is 0 Å². The second kappa shape index (κ2) is 10.5. The van der Waals surface area contributed by atoms with Crippen LogP contribution in [0.5, 0.6) is 0 Å². The zero-order valence-corrected chi connectivity index (χ0v) is 14.0. The van der Waals surface area contributed by atoms with Crippen molar-refractivity contribution in [3.63, 3.8) is 0 Å². The molecule has 2 rings (SSSR count). The summed E-state index contributed by atoms with van der Waals surface area (Å²) in [6.07, 6.45) is 0.329. The molecule has 0 radical (unpaired) electrons. The van der Waals surface area contributed by atoms with Gasteiger partial charge in [0.05, 0.1) is 25.3 Å². The van der Waals surface area contributed by atoms with E-state index in [0.717, 1.165) is 0 Å². The Morgan fingerprint density at radius 3 is 2.68 bits per heavy atom. The molecule has 12 nitrogen and oxygen atoms in total. The van der Waals surface area contributed by atoms with Crippen molar-refractivity contribution in [3.8, 4) is 0 Å². The van der Waals surface area contributed by atoms with Crippen LogP contribution in [-0.2, 0) is 9.53 Å². The first-order chi connectivity index (χ1) is 11.3. The Morgan fingerprint density at radius 2 is 2.20 bits per heavy atom. The van der Waals surface area contributed by atoms with Gasteiger partial charge in [-0.15, -0.1) is 12.4 Å². The van der Waals surface area contributed by atoms with Crippen LogP contribution >= 0.6 is 12.4 Å². The first kappa shape index (κ1) is 22.6. The molecule has 140 valence electrons. The summed E-state index contributed by atoms with van der Waals surface area (Å²) in [5.74, 6) is -0.968. The number of azide groups is 1. The maximum atomic E-state index is 11.7. The van der Waals surface area contributed by atoms with E-state index in [9.17, 15) is 14.4 Å². The summed E-state index contributed by atoms with van der Waals surface area (Å²) in [5, 5.41) is 20.3. The molecule has 1 aliphatic heterocycles. The number of aliphatic hydroxyl groups excluding tert-OH is 1. The number of aromatic amines is 1. The molecular formula is C12H19ClN6O6. The third-order valence-electron chi connectivity index (χ3n) is 3.21. The summed E-state index contributed by atoms with van der Waals surface area (Å²) < 4.78 is 6.69. The lowest BCUT2D eigenvalue weighted by Gasteiger charge is -2.14. The number of carboxylic acid groups (broad SMARTS) is 1. The number of carboxylic acids is 1.